The first kappa shape index (κ1) is 26.4. The summed E-state index contributed by atoms with van der Waals surface area (Å²) < 4.78 is 23.7. The van der Waals surface area contributed by atoms with Gasteiger partial charge in [0.05, 0.1) is 12.3 Å². The van der Waals surface area contributed by atoms with E-state index in [0.29, 0.717) is 36.8 Å². The van der Waals surface area contributed by atoms with E-state index in [-0.39, 0.29) is 12.5 Å². The normalized spacial score (nSPS) is 14.1. The van der Waals surface area contributed by atoms with Crippen LogP contribution in [0.5, 0.6) is 5.75 Å². The number of benzene rings is 2. The lowest BCUT2D eigenvalue weighted by Crippen LogP contribution is -2.49. The maximum atomic E-state index is 14.4. The lowest BCUT2D eigenvalue weighted by atomic mass is 9.97. The van der Waals surface area contributed by atoms with Gasteiger partial charge < -0.3 is 14.5 Å². The van der Waals surface area contributed by atoms with Gasteiger partial charge in [0.2, 0.25) is 5.91 Å². The van der Waals surface area contributed by atoms with Crippen LogP contribution in [0.15, 0.2) is 61.1 Å². The van der Waals surface area contributed by atoms with E-state index in [1.54, 1.807) is 28.0 Å². The van der Waals surface area contributed by atoms with Crippen molar-refractivity contribution in [1.82, 2.24) is 29.4 Å². The molecule has 1 saturated heterocycles. The number of ether oxygens (including phenoxy) is 1. The van der Waals surface area contributed by atoms with Gasteiger partial charge >= 0.3 is 0 Å². The van der Waals surface area contributed by atoms with E-state index in [4.69, 9.17) is 4.74 Å². The SMILES string of the molecule is CCOc1cc(N2CCN(C(=O)Cn3ccc(-c4cccc(C(C)(C)F)c4)n3)CC2)ccc1-n1cnc(C)n1. The number of nitrogens with zero attached hydrogens (tertiary/aromatic N) is 7. The van der Waals surface area contributed by atoms with Crippen molar-refractivity contribution in [2.24, 2.45) is 0 Å². The molecule has 1 aliphatic heterocycles. The Kier molecular flexibility index (Phi) is 7.36. The number of halogens is 1. The fourth-order valence-electron chi connectivity index (χ4n) is 4.73. The van der Waals surface area contributed by atoms with Crippen molar-refractivity contribution in [1.29, 1.82) is 0 Å². The molecular formula is C29H34FN7O2. The summed E-state index contributed by atoms with van der Waals surface area (Å²) in [5.74, 6) is 1.46. The van der Waals surface area contributed by atoms with Gasteiger partial charge in [0.1, 0.15) is 35.8 Å². The number of piperazine rings is 1. The highest BCUT2D eigenvalue weighted by Crippen LogP contribution is 2.30. The third kappa shape index (κ3) is 5.94. The molecule has 1 fully saturated rings. The molecule has 0 atom stereocenters. The van der Waals surface area contributed by atoms with Crippen LogP contribution in [0.25, 0.3) is 16.9 Å². The molecule has 3 heterocycles. The summed E-state index contributed by atoms with van der Waals surface area (Å²) >= 11 is 0. The van der Waals surface area contributed by atoms with Crippen LogP contribution in [0, 0.1) is 6.92 Å². The predicted octanol–water partition coefficient (Wildman–Crippen LogP) is 4.39. The first-order chi connectivity index (χ1) is 18.7. The van der Waals surface area contributed by atoms with E-state index >= 15 is 0 Å². The molecule has 0 radical (unpaired) electrons. The maximum Gasteiger partial charge on any atom is 0.244 e. The minimum absolute atomic E-state index is 0.0230. The molecule has 39 heavy (non-hydrogen) atoms. The number of anilines is 1. The van der Waals surface area contributed by atoms with Crippen LogP contribution in [0.4, 0.5) is 10.1 Å². The number of rotatable bonds is 8. The largest absolute Gasteiger partial charge is 0.492 e. The zero-order valence-corrected chi connectivity index (χ0v) is 22.8. The summed E-state index contributed by atoms with van der Waals surface area (Å²) in [5.41, 5.74) is 2.60. The van der Waals surface area contributed by atoms with Gasteiger partial charge in [-0.05, 0) is 57.5 Å². The Morgan fingerprint density at radius 1 is 1.05 bits per heavy atom. The highest BCUT2D eigenvalue weighted by Gasteiger charge is 2.23. The third-order valence-electron chi connectivity index (χ3n) is 6.88. The molecule has 9 nitrogen and oxygen atoms in total. The Bertz CT molecular complexity index is 1450. The van der Waals surface area contributed by atoms with E-state index < -0.39 is 5.67 Å². The Labute approximate surface area is 227 Å². The van der Waals surface area contributed by atoms with E-state index in [9.17, 15) is 9.18 Å². The fourth-order valence-corrected chi connectivity index (χ4v) is 4.73. The first-order valence-electron chi connectivity index (χ1n) is 13.2. The zero-order chi connectivity index (χ0) is 27.6. The van der Waals surface area contributed by atoms with Gasteiger partial charge in [0, 0.05) is 49.7 Å². The van der Waals surface area contributed by atoms with Crippen LogP contribution in [-0.4, -0.2) is 68.1 Å². The number of hydrogen-bond donors (Lipinski definition) is 0. The minimum Gasteiger partial charge on any atom is -0.492 e. The number of amides is 1. The fraction of sp³-hybridized carbons (Fsp3) is 0.379. The molecular weight excluding hydrogens is 497 g/mol. The van der Waals surface area contributed by atoms with Gasteiger partial charge in [-0.25, -0.2) is 14.1 Å². The zero-order valence-electron chi connectivity index (χ0n) is 22.8. The van der Waals surface area contributed by atoms with Gasteiger partial charge in [-0.2, -0.15) is 10.2 Å². The van der Waals surface area contributed by atoms with Gasteiger partial charge in [0.25, 0.3) is 0 Å². The average molecular weight is 532 g/mol. The van der Waals surface area contributed by atoms with E-state index in [1.165, 1.54) is 13.8 Å². The van der Waals surface area contributed by atoms with Gasteiger partial charge in [-0.15, -0.1) is 0 Å². The standard InChI is InChI=1S/C29H34FN7O2/c1-5-39-27-18-24(9-10-26(27)37-20-31-21(2)32-37)34-13-15-35(16-14-34)28(38)19-36-12-11-25(33-36)22-7-6-8-23(17-22)29(3,4)30/h6-12,17-18,20H,5,13-16,19H2,1-4H3. The van der Waals surface area contributed by atoms with Crippen molar-refractivity contribution in [3.8, 4) is 22.7 Å². The van der Waals surface area contributed by atoms with Crippen LogP contribution in [0.2, 0.25) is 0 Å². The Hall–Kier alpha value is -4.21. The van der Waals surface area contributed by atoms with Crippen molar-refractivity contribution in [3.63, 3.8) is 0 Å². The van der Waals surface area contributed by atoms with Crippen molar-refractivity contribution >= 4 is 11.6 Å². The molecule has 4 aromatic rings. The van der Waals surface area contributed by atoms with Crippen LogP contribution >= 0.6 is 0 Å². The molecule has 1 amide bonds. The molecule has 5 rings (SSSR count). The lowest BCUT2D eigenvalue weighted by Gasteiger charge is -2.36. The number of alkyl halides is 1. The monoisotopic (exact) mass is 531 g/mol. The van der Waals surface area contributed by atoms with Crippen molar-refractivity contribution in [2.75, 3.05) is 37.7 Å². The first-order valence-corrected chi connectivity index (χ1v) is 13.2. The topological polar surface area (TPSA) is 81.3 Å². The van der Waals surface area contributed by atoms with Gasteiger partial charge in [0.15, 0.2) is 0 Å². The smallest absolute Gasteiger partial charge is 0.244 e. The van der Waals surface area contributed by atoms with E-state index in [2.05, 4.69) is 26.1 Å². The molecule has 0 aliphatic carbocycles. The second kappa shape index (κ2) is 10.9. The molecule has 10 heteroatoms. The summed E-state index contributed by atoms with van der Waals surface area (Å²) in [5, 5.41) is 8.98. The molecule has 0 saturated carbocycles. The third-order valence-corrected chi connectivity index (χ3v) is 6.88. The van der Waals surface area contributed by atoms with Crippen LogP contribution in [0.3, 0.4) is 0 Å². The molecule has 2 aromatic heterocycles. The summed E-state index contributed by atoms with van der Waals surface area (Å²) in [6.07, 6.45) is 3.48. The molecule has 204 valence electrons. The van der Waals surface area contributed by atoms with Crippen molar-refractivity contribution in [2.45, 2.75) is 39.9 Å². The van der Waals surface area contributed by atoms with Gasteiger partial charge in [-0.3, -0.25) is 9.48 Å². The molecule has 0 N–H and O–H groups in total. The number of aryl methyl sites for hydroxylation is 1. The molecule has 0 spiro atoms. The number of aromatic nitrogens is 5. The quantitative estimate of drug-likeness (QED) is 0.336. The summed E-state index contributed by atoms with van der Waals surface area (Å²) in [6, 6.07) is 15.2. The second-order valence-corrected chi connectivity index (χ2v) is 10.1. The average Bonchev–Trinajstić information content (AvgIpc) is 3.57. The summed E-state index contributed by atoms with van der Waals surface area (Å²) in [7, 11) is 0. The molecule has 2 aromatic carbocycles. The Balaban J connectivity index is 1.21. The summed E-state index contributed by atoms with van der Waals surface area (Å²) in [4.78, 5) is 21.4. The molecule has 1 aliphatic rings. The summed E-state index contributed by atoms with van der Waals surface area (Å²) in [6.45, 7) is 10.3. The lowest BCUT2D eigenvalue weighted by molar-refractivity contribution is -0.132. The van der Waals surface area contributed by atoms with Gasteiger partial charge in [-0.1, -0.05) is 18.2 Å². The number of carbonyl (C=O) groups excluding carboxylic acids is 1. The maximum absolute atomic E-state index is 14.4. The highest BCUT2D eigenvalue weighted by molar-refractivity contribution is 5.76. The molecule has 0 unspecified atom stereocenters. The Morgan fingerprint density at radius 2 is 1.85 bits per heavy atom. The Morgan fingerprint density at radius 3 is 2.54 bits per heavy atom. The van der Waals surface area contributed by atoms with Crippen LogP contribution in [0.1, 0.15) is 32.2 Å². The second-order valence-electron chi connectivity index (χ2n) is 10.1. The molecule has 0 bridgehead atoms. The minimum atomic E-state index is -1.43. The number of carbonyl (C=O) groups is 1. The van der Waals surface area contributed by atoms with E-state index in [1.807, 2.05) is 55.1 Å². The van der Waals surface area contributed by atoms with Crippen LogP contribution in [-0.2, 0) is 17.0 Å². The highest BCUT2D eigenvalue weighted by atomic mass is 19.1. The predicted molar refractivity (Wildman–Crippen MR) is 148 cm³/mol. The van der Waals surface area contributed by atoms with Crippen molar-refractivity contribution in [3.05, 3.63) is 72.4 Å². The van der Waals surface area contributed by atoms with E-state index in [0.717, 1.165) is 35.8 Å². The number of hydrogen-bond acceptors (Lipinski definition) is 6. The van der Waals surface area contributed by atoms with Crippen molar-refractivity contribution < 1.29 is 13.9 Å². The van der Waals surface area contributed by atoms with Crippen LogP contribution < -0.4 is 9.64 Å².